The van der Waals surface area contributed by atoms with Crippen molar-refractivity contribution in [3.8, 4) is 5.88 Å². The lowest BCUT2D eigenvalue weighted by molar-refractivity contribution is 0.0519. The summed E-state index contributed by atoms with van der Waals surface area (Å²) in [7, 11) is 0. The predicted octanol–water partition coefficient (Wildman–Crippen LogP) is 2.70. The molecule has 0 N–H and O–H groups in total. The van der Waals surface area contributed by atoms with Crippen molar-refractivity contribution in [1.82, 2.24) is 4.98 Å². The van der Waals surface area contributed by atoms with Gasteiger partial charge in [-0.1, -0.05) is 11.6 Å². The first kappa shape index (κ1) is 12.8. The van der Waals surface area contributed by atoms with Crippen LogP contribution in [0.25, 0.3) is 0 Å². The zero-order valence-corrected chi connectivity index (χ0v) is 10.2. The third-order valence-corrected chi connectivity index (χ3v) is 1.87. The fourth-order valence-corrected chi connectivity index (χ4v) is 1.26. The molecule has 0 radical (unpaired) electrons. The van der Waals surface area contributed by atoms with Gasteiger partial charge < -0.3 is 9.47 Å². The quantitative estimate of drug-likeness (QED) is 0.763. The van der Waals surface area contributed by atoms with Crippen LogP contribution in [0, 0.1) is 0 Å². The average molecular weight is 244 g/mol. The number of nitrogens with zero attached hydrogens (tertiary/aromatic N) is 1. The van der Waals surface area contributed by atoms with E-state index in [1.165, 1.54) is 12.3 Å². The highest BCUT2D eigenvalue weighted by Crippen LogP contribution is 2.21. The summed E-state index contributed by atoms with van der Waals surface area (Å²) in [4.78, 5) is 15.6. The van der Waals surface area contributed by atoms with Gasteiger partial charge in [0.1, 0.15) is 5.56 Å². The summed E-state index contributed by atoms with van der Waals surface area (Å²) < 4.78 is 10.3. The molecule has 0 aliphatic rings. The standard InChI is InChI=1S/C11H14ClNO3/c1-4-15-11(14)9-5-8(12)6-13-10(9)16-7(2)3/h5-7H,4H2,1-3H3. The van der Waals surface area contributed by atoms with E-state index in [1.807, 2.05) is 13.8 Å². The summed E-state index contributed by atoms with van der Waals surface area (Å²) in [6, 6.07) is 1.49. The minimum atomic E-state index is -0.479. The van der Waals surface area contributed by atoms with Gasteiger partial charge in [-0.15, -0.1) is 0 Å². The van der Waals surface area contributed by atoms with Crippen LogP contribution in [0.1, 0.15) is 31.1 Å². The van der Waals surface area contributed by atoms with Gasteiger partial charge in [-0.2, -0.15) is 0 Å². The first-order valence-electron chi connectivity index (χ1n) is 5.04. The molecule has 0 atom stereocenters. The van der Waals surface area contributed by atoms with Crippen molar-refractivity contribution in [2.45, 2.75) is 26.9 Å². The predicted molar refractivity (Wildman–Crippen MR) is 61.0 cm³/mol. The third-order valence-electron chi connectivity index (χ3n) is 1.66. The van der Waals surface area contributed by atoms with Crippen molar-refractivity contribution in [2.24, 2.45) is 0 Å². The normalized spacial score (nSPS) is 10.3. The number of carbonyl (C=O) groups is 1. The van der Waals surface area contributed by atoms with Crippen LogP contribution < -0.4 is 4.74 Å². The van der Waals surface area contributed by atoms with Gasteiger partial charge in [-0.05, 0) is 26.8 Å². The minimum Gasteiger partial charge on any atom is -0.474 e. The van der Waals surface area contributed by atoms with E-state index in [9.17, 15) is 4.79 Å². The Kier molecular flexibility index (Phi) is 4.55. The smallest absolute Gasteiger partial charge is 0.343 e. The second-order valence-electron chi connectivity index (χ2n) is 3.39. The highest BCUT2D eigenvalue weighted by atomic mass is 35.5. The van der Waals surface area contributed by atoms with Crippen molar-refractivity contribution in [1.29, 1.82) is 0 Å². The van der Waals surface area contributed by atoms with Gasteiger partial charge in [0.15, 0.2) is 0 Å². The van der Waals surface area contributed by atoms with Gasteiger partial charge in [0.2, 0.25) is 5.88 Å². The van der Waals surface area contributed by atoms with Crippen LogP contribution in [0.15, 0.2) is 12.3 Å². The van der Waals surface area contributed by atoms with Crippen molar-refractivity contribution in [3.63, 3.8) is 0 Å². The Morgan fingerprint density at radius 3 is 2.81 bits per heavy atom. The Morgan fingerprint density at radius 2 is 2.25 bits per heavy atom. The number of hydrogen-bond donors (Lipinski definition) is 0. The lowest BCUT2D eigenvalue weighted by Gasteiger charge is -2.12. The zero-order valence-electron chi connectivity index (χ0n) is 9.49. The highest BCUT2D eigenvalue weighted by Gasteiger charge is 2.16. The summed E-state index contributed by atoms with van der Waals surface area (Å²) in [6.07, 6.45) is 1.36. The third kappa shape index (κ3) is 3.38. The second kappa shape index (κ2) is 5.70. The van der Waals surface area contributed by atoms with E-state index in [1.54, 1.807) is 6.92 Å². The molecule has 1 heterocycles. The van der Waals surface area contributed by atoms with Crippen LogP contribution in [0.4, 0.5) is 0 Å². The first-order valence-corrected chi connectivity index (χ1v) is 5.41. The Morgan fingerprint density at radius 1 is 1.56 bits per heavy atom. The van der Waals surface area contributed by atoms with Crippen LogP contribution in [0.5, 0.6) is 5.88 Å². The van der Waals surface area contributed by atoms with Crippen LogP contribution in [0.3, 0.4) is 0 Å². The van der Waals surface area contributed by atoms with Crippen molar-refractivity contribution in [3.05, 3.63) is 22.8 Å². The van der Waals surface area contributed by atoms with Gasteiger partial charge in [-0.3, -0.25) is 0 Å². The van der Waals surface area contributed by atoms with Crippen LogP contribution in [-0.2, 0) is 4.74 Å². The highest BCUT2D eigenvalue weighted by molar-refractivity contribution is 6.30. The lowest BCUT2D eigenvalue weighted by Crippen LogP contribution is -2.13. The Hall–Kier alpha value is -1.29. The monoisotopic (exact) mass is 243 g/mol. The van der Waals surface area contributed by atoms with E-state index in [0.29, 0.717) is 11.6 Å². The van der Waals surface area contributed by atoms with Crippen LogP contribution in [-0.4, -0.2) is 23.7 Å². The number of aromatic nitrogens is 1. The number of halogens is 1. The van der Waals surface area contributed by atoms with E-state index in [-0.39, 0.29) is 17.5 Å². The molecule has 1 aromatic rings. The van der Waals surface area contributed by atoms with Gasteiger partial charge in [0.25, 0.3) is 0 Å². The lowest BCUT2D eigenvalue weighted by atomic mass is 10.2. The molecule has 0 saturated carbocycles. The van der Waals surface area contributed by atoms with E-state index in [4.69, 9.17) is 21.1 Å². The average Bonchev–Trinajstić information content (AvgIpc) is 2.20. The topological polar surface area (TPSA) is 48.4 Å². The molecule has 0 saturated heterocycles. The number of rotatable bonds is 4. The molecular weight excluding hydrogens is 230 g/mol. The van der Waals surface area contributed by atoms with Crippen molar-refractivity contribution in [2.75, 3.05) is 6.61 Å². The van der Waals surface area contributed by atoms with Crippen LogP contribution >= 0.6 is 11.6 Å². The van der Waals surface area contributed by atoms with E-state index >= 15 is 0 Å². The molecule has 0 amide bonds. The Bertz CT molecular complexity index is 379. The number of carbonyl (C=O) groups excluding carboxylic acids is 1. The summed E-state index contributed by atoms with van der Waals surface area (Å²) in [6.45, 7) is 5.74. The molecule has 0 aliphatic heterocycles. The maximum Gasteiger partial charge on any atom is 0.343 e. The molecule has 0 spiro atoms. The number of pyridine rings is 1. The first-order chi connectivity index (χ1) is 7.54. The molecule has 16 heavy (non-hydrogen) atoms. The summed E-state index contributed by atoms with van der Waals surface area (Å²) in [5, 5.41) is 0.374. The molecular formula is C11H14ClNO3. The fraction of sp³-hybridized carbons (Fsp3) is 0.455. The zero-order chi connectivity index (χ0) is 12.1. The summed E-state index contributed by atoms with van der Waals surface area (Å²) >= 11 is 5.77. The number of ether oxygens (including phenoxy) is 2. The Labute approximate surface area is 99.5 Å². The summed E-state index contributed by atoms with van der Waals surface area (Å²) in [5.74, 6) is -0.231. The number of hydrogen-bond acceptors (Lipinski definition) is 4. The van der Waals surface area contributed by atoms with Gasteiger partial charge >= 0.3 is 5.97 Å². The molecule has 0 bridgehead atoms. The molecule has 0 aromatic carbocycles. The minimum absolute atomic E-state index is 0.0677. The van der Waals surface area contributed by atoms with Crippen molar-refractivity contribution < 1.29 is 14.3 Å². The van der Waals surface area contributed by atoms with Gasteiger partial charge in [0, 0.05) is 6.20 Å². The molecule has 88 valence electrons. The molecule has 0 aliphatic carbocycles. The fourth-order valence-electron chi connectivity index (χ4n) is 1.10. The summed E-state index contributed by atoms with van der Waals surface area (Å²) in [5.41, 5.74) is 0.253. The van der Waals surface area contributed by atoms with E-state index in [0.717, 1.165) is 0 Å². The maximum atomic E-state index is 11.6. The van der Waals surface area contributed by atoms with E-state index in [2.05, 4.69) is 4.98 Å². The van der Waals surface area contributed by atoms with E-state index < -0.39 is 5.97 Å². The molecule has 0 fully saturated rings. The Balaban J connectivity index is 3.02. The molecule has 4 nitrogen and oxygen atoms in total. The molecule has 1 aromatic heterocycles. The van der Waals surface area contributed by atoms with Gasteiger partial charge in [0.05, 0.1) is 17.7 Å². The molecule has 0 unspecified atom stereocenters. The maximum absolute atomic E-state index is 11.6. The number of esters is 1. The van der Waals surface area contributed by atoms with Crippen molar-refractivity contribution >= 4 is 17.6 Å². The second-order valence-corrected chi connectivity index (χ2v) is 3.83. The van der Waals surface area contributed by atoms with Crippen LogP contribution in [0.2, 0.25) is 5.02 Å². The SMILES string of the molecule is CCOC(=O)c1cc(Cl)cnc1OC(C)C. The largest absolute Gasteiger partial charge is 0.474 e. The molecule has 1 rings (SSSR count). The van der Waals surface area contributed by atoms with Gasteiger partial charge in [-0.25, -0.2) is 9.78 Å². The molecule has 5 heteroatoms.